The maximum absolute atomic E-state index is 10.0. The van der Waals surface area contributed by atoms with Crippen molar-refractivity contribution in [1.29, 1.82) is 5.26 Å². The van der Waals surface area contributed by atoms with E-state index in [1.807, 2.05) is 30.3 Å². The van der Waals surface area contributed by atoms with Crippen LogP contribution in [0.3, 0.4) is 0 Å². The maximum atomic E-state index is 10.0. The molecule has 10 heteroatoms. The molecule has 10 nitrogen and oxygen atoms in total. The topological polar surface area (TPSA) is 153 Å². The first-order valence-electron chi connectivity index (χ1n) is 8.58. The molecule has 0 radical (unpaired) electrons. The van der Waals surface area contributed by atoms with Gasteiger partial charge in [0.2, 0.25) is 0 Å². The number of aromatic nitrogens is 2. The van der Waals surface area contributed by atoms with Crippen LogP contribution in [-0.4, -0.2) is 63.5 Å². The number of nitrogens with zero attached hydrogens (tertiary/aromatic N) is 3. The van der Waals surface area contributed by atoms with Gasteiger partial charge >= 0.3 is 0 Å². The van der Waals surface area contributed by atoms with Crippen LogP contribution in [0.25, 0.3) is 0 Å². The van der Waals surface area contributed by atoms with Gasteiger partial charge in [-0.3, -0.25) is 0 Å². The van der Waals surface area contributed by atoms with Crippen molar-refractivity contribution in [3.8, 4) is 11.8 Å². The first-order chi connectivity index (χ1) is 13.6. The second-order valence-electron chi connectivity index (χ2n) is 6.16. The van der Waals surface area contributed by atoms with Gasteiger partial charge in [-0.25, -0.2) is 9.97 Å². The fraction of sp³-hybridized carbons (Fsp3) is 0.389. The van der Waals surface area contributed by atoms with Gasteiger partial charge in [-0.1, -0.05) is 12.1 Å². The normalized spacial score (nSPS) is 23.8. The van der Waals surface area contributed by atoms with E-state index < -0.39 is 31.1 Å². The van der Waals surface area contributed by atoms with Crippen molar-refractivity contribution in [2.75, 3.05) is 24.4 Å². The summed E-state index contributed by atoms with van der Waals surface area (Å²) in [5.74, 6) is 1.20. The lowest BCUT2D eigenvalue weighted by Gasteiger charge is -2.18. The zero-order valence-corrected chi connectivity index (χ0v) is 15.1. The van der Waals surface area contributed by atoms with Gasteiger partial charge in [0.05, 0.1) is 13.7 Å². The van der Waals surface area contributed by atoms with E-state index in [4.69, 9.17) is 9.47 Å². The molecule has 1 saturated heterocycles. The van der Waals surface area contributed by atoms with Crippen LogP contribution >= 0.6 is 0 Å². The number of aliphatic hydroxyl groups excluding tert-OH is 3. The fourth-order valence-electron chi connectivity index (χ4n) is 2.82. The molecule has 0 unspecified atom stereocenters. The summed E-state index contributed by atoms with van der Waals surface area (Å²) in [6, 6.07) is 9.46. The first kappa shape index (κ1) is 19.8. The number of nitriles is 1. The number of ether oxygens (including phenoxy) is 2. The van der Waals surface area contributed by atoms with Crippen LogP contribution in [0.1, 0.15) is 11.1 Å². The van der Waals surface area contributed by atoms with Crippen LogP contribution in [0, 0.1) is 11.3 Å². The van der Waals surface area contributed by atoms with E-state index >= 15 is 0 Å². The highest BCUT2D eigenvalue weighted by Gasteiger charge is 2.42. The van der Waals surface area contributed by atoms with E-state index in [0.29, 0.717) is 12.4 Å². The molecule has 0 amide bonds. The van der Waals surface area contributed by atoms with E-state index in [-0.39, 0.29) is 11.4 Å². The molecule has 1 aliphatic rings. The van der Waals surface area contributed by atoms with Crippen molar-refractivity contribution in [2.24, 2.45) is 0 Å². The van der Waals surface area contributed by atoms with Gasteiger partial charge in [0.1, 0.15) is 47.8 Å². The zero-order valence-electron chi connectivity index (χ0n) is 15.1. The molecule has 0 saturated carbocycles. The third-order valence-electron chi connectivity index (χ3n) is 4.40. The molecule has 1 aromatic carbocycles. The molecule has 1 aromatic heterocycles. The van der Waals surface area contributed by atoms with E-state index in [2.05, 4.69) is 20.6 Å². The van der Waals surface area contributed by atoms with Crippen molar-refractivity contribution in [3.63, 3.8) is 0 Å². The summed E-state index contributed by atoms with van der Waals surface area (Å²) in [4.78, 5) is 8.12. The summed E-state index contributed by atoms with van der Waals surface area (Å²) in [5.41, 5.74) is 1.09. The highest BCUT2D eigenvalue weighted by atomic mass is 16.6. The van der Waals surface area contributed by atoms with E-state index in [9.17, 15) is 20.6 Å². The fourth-order valence-corrected chi connectivity index (χ4v) is 2.82. The quantitative estimate of drug-likeness (QED) is 0.432. The van der Waals surface area contributed by atoms with Crippen molar-refractivity contribution in [2.45, 2.75) is 31.1 Å². The molecule has 1 fully saturated rings. The number of rotatable bonds is 7. The first-order valence-corrected chi connectivity index (χ1v) is 8.58. The Kier molecular flexibility index (Phi) is 6.23. The number of hydrogen-bond donors (Lipinski definition) is 5. The summed E-state index contributed by atoms with van der Waals surface area (Å²) in [6.07, 6.45) is -3.21. The lowest BCUT2D eigenvalue weighted by Crippen LogP contribution is -2.36. The minimum Gasteiger partial charge on any atom is -0.497 e. The van der Waals surface area contributed by atoms with Crippen LogP contribution in [0.5, 0.6) is 5.75 Å². The highest BCUT2D eigenvalue weighted by molar-refractivity contribution is 5.64. The molecular formula is C18H21N5O5. The molecule has 2 heterocycles. The van der Waals surface area contributed by atoms with Crippen molar-refractivity contribution in [3.05, 3.63) is 41.7 Å². The maximum Gasteiger partial charge on any atom is 0.158 e. The van der Waals surface area contributed by atoms with Crippen LogP contribution in [0.4, 0.5) is 11.6 Å². The summed E-state index contributed by atoms with van der Waals surface area (Å²) in [5, 5.41) is 44.5. The van der Waals surface area contributed by atoms with Crippen LogP contribution in [0.15, 0.2) is 30.6 Å². The van der Waals surface area contributed by atoms with Crippen LogP contribution in [-0.2, 0) is 11.3 Å². The molecule has 3 rings (SSSR count). The Morgan fingerprint density at radius 3 is 2.50 bits per heavy atom. The standard InChI is InChI=1S/C18H21N5O5/c1-27-11-4-2-10(3-5-11)7-20-16-12(6-19)17(22-9-21-16)23-18-15(26)14(25)13(8-24)28-18/h2-5,9,13-15,18,24-26H,7-8H2,1H3,(H2,20,21,22,23)/t13-,14-,15-,18-/m1/s1. The molecule has 148 valence electrons. The Hall–Kier alpha value is -2.97. The van der Waals surface area contributed by atoms with Gasteiger partial charge < -0.3 is 35.4 Å². The molecule has 5 N–H and O–H groups in total. The average Bonchev–Trinajstić information content (AvgIpc) is 3.00. The number of aliphatic hydroxyl groups is 3. The van der Waals surface area contributed by atoms with Gasteiger partial charge in [0.15, 0.2) is 12.0 Å². The molecule has 0 bridgehead atoms. The second-order valence-corrected chi connectivity index (χ2v) is 6.16. The zero-order chi connectivity index (χ0) is 20.1. The largest absolute Gasteiger partial charge is 0.497 e. The summed E-state index contributed by atoms with van der Waals surface area (Å²) in [7, 11) is 1.59. The average molecular weight is 387 g/mol. The number of benzene rings is 1. The van der Waals surface area contributed by atoms with Crippen molar-refractivity contribution >= 4 is 11.6 Å². The molecule has 0 spiro atoms. The highest BCUT2D eigenvalue weighted by Crippen LogP contribution is 2.26. The molecular weight excluding hydrogens is 366 g/mol. The SMILES string of the molecule is COc1ccc(CNc2ncnc(N[C@@H]3O[C@H](CO)[C@@H](O)[C@H]3O)c2C#N)cc1. The third-order valence-corrected chi connectivity index (χ3v) is 4.40. The van der Waals surface area contributed by atoms with Gasteiger partial charge in [-0.2, -0.15) is 5.26 Å². The van der Waals surface area contributed by atoms with Crippen molar-refractivity contribution < 1.29 is 24.8 Å². The van der Waals surface area contributed by atoms with E-state index in [1.54, 1.807) is 7.11 Å². The van der Waals surface area contributed by atoms with Gasteiger partial charge in [-0.05, 0) is 17.7 Å². The predicted octanol–water partition coefficient (Wildman–Crippen LogP) is -0.180. The van der Waals surface area contributed by atoms with Gasteiger partial charge in [0.25, 0.3) is 0 Å². The molecule has 0 aliphatic carbocycles. The minimum absolute atomic E-state index is 0.133. The molecule has 1 aliphatic heterocycles. The number of nitrogens with one attached hydrogen (secondary N) is 2. The summed E-state index contributed by atoms with van der Waals surface area (Å²) < 4.78 is 10.5. The Bertz CT molecular complexity index is 841. The molecule has 28 heavy (non-hydrogen) atoms. The molecule has 2 aromatic rings. The Balaban J connectivity index is 1.73. The summed E-state index contributed by atoms with van der Waals surface area (Å²) >= 11 is 0. The Morgan fingerprint density at radius 2 is 1.89 bits per heavy atom. The predicted molar refractivity (Wildman–Crippen MR) is 98.5 cm³/mol. The Labute approximate surface area is 161 Å². The van der Waals surface area contributed by atoms with E-state index in [1.165, 1.54) is 6.33 Å². The number of methoxy groups -OCH3 is 1. The monoisotopic (exact) mass is 387 g/mol. The van der Waals surface area contributed by atoms with Gasteiger partial charge in [-0.15, -0.1) is 0 Å². The number of anilines is 2. The lowest BCUT2D eigenvalue weighted by atomic mass is 10.1. The van der Waals surface area contributed by atoms with Crippen molar-refractivity contribution in [1.82, 2.24) is 9.97 Å². The second kappa shape index (κ2) is 8.81. The summed E-state index contributed by atoms with van der Waals surface area (Å²) in [6.45, 7) is -0.0249. The number of hydrogen-bond acceptors (Lipinski definition) is 10. The third kappa shape index (κ3) is 4.13. The van der Waals surface area contributed by atoms with Crippen LogP contribution in [0.2, 0.25) is 0 Å². The lowest BCUT2D eigenvalue weighted by molar-refractivity contribution is -0.0154. The Morgan fingerprint density at radius 1 is 1.18 bits per heavy atom. The smallest absolute Gasteiger partial charge is 0.158 e. The minimum atomic E-state index is -1.28. The molecule has 4 atom stereocenters. The van der Waals surface area contributed by atoms with E-state index in [0.717, 1.165) is 11.3 Å². The van der Waals surface area contributed by atoms with Gasteiger partial charge in [0, 0.05) is 6.54 Å². The van der Waals surface area contributed by atoms with Crippen LogP contribution < -0.4 is 15.4 Å².